The molecule has 0 aromatic carbocycles. The van der Waals surface area contributed by atoms with E-state index < -0.39 is 6.03 Å². The van der Waals surface area contributed by atoms with Crippen molar-refractivity contribution in [2.24, 2.45) is 5.73 Å². The summed E-state index contributed by atoms with van der Waals surface area (Å²) < 4.78 is 0. The lowest BCUT2D eigenvalue weighted by molar-refractivity contribution is 0.230. The molecule has 14 heavy (non-hydrogen) atoms. The van der Waals surface area contributed by atoms with Gasteiger partial charge < -0.3 is 5.73 Å². The molecule has 1 aromatic heterocycles. The molecule has 0 atom stereocenters. The summed E-state index contributed by atoms with van der Waals surface area (Å²) in [6.45, 7) is 4.44. The summed E-state index contributed by atoms with van der Waals surface area (Å²) in [7, 11) is 0. The number of thiophene rings is 1. The zero-order chi connectivity index (χ0) is 10.7. The first-order valence-corrected chi connectivity index (χ1v) is 4.99. The van der Waals surface area contributed by atoms with Gasteiger partial charge in [-0.3, -0.25) is 10.3 Å². The third-order valence-corrected chi connectivity index (χ3v) is 3.12. The highest BCUT2D eigenvalue weighted by Crippen LogP contribution is 2.21. The Labute approximate surface area is 86.8 Å². The topological polar surface area (TPSA) is 70.2 Å². The first-order valence-electron chi connectivity index (χ1n) is 4.17. The number of nitrogens with two attached hydrogens (primary N) is 1. The number of carbonyl (C=O) groups excluding carboxylic acids is 1. The van der Waals surface area contributed by atoms with E-state index in [-0.39, 0.29) is 0 Å². The Morgan fingerprint density at radius 3 is 2.71 bits per heavy atom. The standard InChI is InChI=1S/C9H13N3OS/c1-6-3-8(14-7(6)2)4-12(5-10)9(11)13/h3,5,10H,4H2,1-2H3,(H2,11,13). The smallest absolute Gasteiger partial charge is 0.320 e. The molecule has 0 aliphatic rings. The van der Waals surface area contributed by atoms with Crippen LogP contribution >= 0.6 is 11.3 Å². The van der Waals surface area contributed by atoms with Gasteiger partial charge in [-0.05, 0) is 25.5 Å². The largest absolute Gasteiger partial charge is 0.351 e. The second-order valence-corrected chi connectivity index (χ2v) is 4.39. The van der Waals surface area contributed by atoms with Gasteiger partial charge in [0, 0.05) is 9.75 Å². The number of rotatable bonds is 3. The number of carbonyl (C=O) groups is 1. The van der Waals surface area contributed by atoms with E-state index in [1.54, 1.807) is 11.3 Å². The Morgan fingerprint density at radius 2 is 2.36 bits per heavy atom. The second-order valence-electron chi connectivity index (χ2n) is 3.05. The van der Waals surface area contributed by atoms with Gasteiger partial charge in [0.15, 0.2) is 0 Å². The highest BCUT2D eigenvalue weighted by atomic mass is 32.1. The number of aryl methyl sites for hydroxylation is 2. The van der Waals surface area contributed by atoms with Crippen molar-refractivity contribution in [3.63, 3.8) is 0 Å². The van der Waals surface area contributed by atoms with E-state index in [9.17, 15) is 4.79 Å². The van der Waals surface area contributed by atoms with Gasteiger partial charge in [-0.1, -0.05) is 0 Å². The average molecular weight is 211 g/mol. The van der Waals surface area contributed by atoms with E-state index in [0.717, 1.165) is 11.2 Å². The number of nitrogens with zero attached hydrogens (tertiary/aromatic N) is 1. The highest BCUT2D eigenvalue weighted by Gasteiger charge is 2.09. The Hall–Kier alpha value is -1.36. The van der Waals surface area contributed by atoms with Gasteiger partial charge in [0.25, 0.3) is 0 Å². The molecule has 0 saturated carbocycles. The number of primary amides is 1. The van der Waals surface area contributed by atoms with Crippen LogP contribution in [0.2, 0.25) is 0 Å². The van der Waals surface area contributed by atoms with Gasteiger partial charge in [0.1, 0.15) is 0 Å². The zero-order valence-electron chi connectivity index (χ0n) is 8.20. The number of hydrogen-bond acceptors (Lipinski definition) is 3. The van der Waals surface area contributed by atoms with Crippen molar-refractivity contribution < 1.29 is 4.79 Å². The van der Waals surface area contributed by atoms with Crippen LogP contribution in [0.4, 0.5) is 4.79 Å². The maximum atomic E-state index is 10.8. The van der Waals surface area contributed by atoms with E-state index in [1.165, 1.54) is 15.3 Å². The second kappa shape index (κ2) is 4.23. The van der Waals surface area contributed by atoms with Crippen molar-refractivity contribution in [1.29, 1.82) is 5.41 Å². The maximum Gasteiger partial charge on any atom is 0.320 e. The van der Waals surface area contributed by atoms with Gasteiger partial charge in [0.2, 0.25) is 0 Å². The fraction of sp³-hybridized carbons (Fsp3) is 0.333. The van der Waals surface area contributed by atoms with Crippen molar-refractivity contribution in [3.8, 4) is 0 Å². The van der Waals surface area contributed by atoms with Gasteiger partial charge >= 0.3 is 6.03 Å². The minimum atomic E-state index is -0.594. The zero-order valence-corrected chi connectivity index (χ0v) is 9.02. The minimum Gasteiger partial charge on any atom is -0.351 e. The molecule has 76 valence electrons. The normalized spacial score (nSPS) is 9.86. The minimum absolute atomic E-state index is 0.387. The molecule has 5 heteroatoms. The van der Waals surface area contributed by atoms with Gasteiger partial charge in [-0.25, -0.2) is 4.79 Å². The molecule has 2 amide bonds. The third-order valence-electron chi connectivity index (χ3n) is 1.98. The quantitative estimate of drug-likeness (QED) is 0.581. The van der Waals surface area contributed by atoms with Crippen LogP contribution in [0.5, 0.6) is 0 Å². The van der Waals surface area contributed by atoms with Gasteiger partial charge in [-0.2, -0.15) is 0 Å². The monoisotopic (exact) mass is 211 g/mol. The van der Waals surface area contributed by atoms with Crippen LogP contribution < -0.4 is 5.73 Å². The van der Waals surface area contributed by atoms with Gasteiger partial charge in [0.05, 0.1) is 12.9 Å². The molecular weight excluding hydrogens is 198 g/mol. The molecule has 3 N–H and O–H groups in total. The first-order chi connectivity index (χ1) is 6.54. The number of amides is 2. The van der Waals surface area contributed by atoms with Crippen LogP contribution in [0, 0.1) is 19.3 Å². The van der Waals surface area contributed by atoms with Crippen LogP contribution in [0.25, 0.3) is 0 Å². The summed E-state index contributed by atoms with van der Waals surface area (Å²) in [5.74, 6) is 0. The lowest BCUT2D eigenvalue weighted by Crippen LogP contribution is -2.33. The summed E-state index contributed by atoms with van der Waals surface area (Å²) in [5.41, 5.74) is 6.29. The van der Waals surface area contributed by atoms with Crippen LogP contribution in [0.3, 0.4) is 0 Å². The number of hydrogen-bond donors (Lipinski definition) is 2. The predicted molar refractivity (Wildman–Crippen MR) is 57.7 cm³/mol. The lowest BCUT2D eigenvalue weighted by Gasteiger charge is -2.11. The Balaban J connectivity index is 2.77. The first kappa shape index (κ1) is 10.7. The molecule has 0 bridgehead atoms. The molecular formula is C9H13N3OS. The van der Waals surface area contributed by atoms with Crippen LogP contribution in [-0.2, 0) is 6.54 Å². The summed E-state index contributed by atoms with van der Waals surface area (Å²) in [6.07, 6.45) is 0.951. The molecule has 0 spiro atoms. The molecule has 1 heterocycles. The van der Waals surface area contributed by atoms with Gasteiger partial charge in [-0.15, -0.1) is 11.3 Å². The summed E-state index contributed by atoms with van der Waals surface area (Å²) >= 11 is 1.62. The molecule has 4 nitrogen and oxygen atoms in total. The lowest BCUT2D eigenvalue weighted by atomic mass is 10.3. The van der Waals surface area contributed by atoms with Crippen molar-refractivity contribution >= 4 is 23.7 Å². The Morgan fingerprint density at radius 1 is 1.71 bits per heavy atom. The Bertz CT molecular complexity index is 339. The predicted octanol–water partition coefficient (Wildman–Crippen LogP) is 1.85. The summed E-state index contributed by atoms with van der Waals surface area (Å²) in [6, 6.07) is 1.42. The molecule has 0 fully saturated rings. The fourth-order valence-corrected chi connectivity index (χ4v) is 2.14. The number of urea groups is 1. The fourth-order valence-electron chi connectivity index (χ4n) is 1.08. The van der Waals surface area contributed by atoms with Crippen molar-refractivity contribution in [2.75, 3.05) is 0 Å². The van der Waals surface area contributed by atoms with Crippen LogP contribution in [0.15, 0.2) is 6.07 Å². The summed E-state index contributed by atoms with van der Waals surface area (Å²) in [4.78, 5) is 14.3. The van der Waals surface area contributed by atoms with E-state index in [4.69, 9.17) is 11.1 Å². The summed E-state index contributed by atoms with van der Waals surface area (Å²) in [5, 5.41) is 7.00. The van der Waals surface area contributed by atoms with E-state index in [2.05, 4.69) is 0 Å². The molecule has 0 saturated heterocycles. The van der Waals surface area contributed by atoms with Crippen molar-refractivity contribution in [1.82, 2.24) is 4.90 Å². The molecule has 0 aliphatic carbocycles. The number of nitrogens with one attached hydrogen (secondary N) is 1. The average Bonchev–Trinajstić information content (AvgIpc) is 2.41. The SMILES string of the molecule is Cc1cc(CN(C=N)C(N)=O)sc1C. The third kappa shape index (κ3) is 2.32. The Kier molecular flexibility index (Phi) is 3.24. The van der Waals surface area contributed by atoms with Crippen molar-refractivity contribution in [2.45, 2.75) is 20.4 Å². The van der Waals surface area contributed by atoms with E-state index in [0.29, 0.717) is 6.54 Å². The maximum absolute atomic E-state index is 10.8. The molecule has 0 unspecified atom stereocenters. The van der Waals surface area contributed by atoms with Crippen molar-refractivity contribution in [3.05, 3.63) is 21.4 Å². The van der Waals surface area contributed by atoms with E-state index in [1.807, 2.05) is 19.9 Å². The molecule has 0 radical (unpaired) electrons. The van der Waals surface area contributed by atoms with Crippen LogP contribution in [0.1, 0.15) is 15.3 Å². The van der Waals surface area contributed by atoms with Crippen LogP contribution in [-0.4, -0.2) is 17.3 Å². The highest BCUT2D eigenvalue weighted by molar-refractivity contribution is 7.12. The molecule has 0 aliphatic heterocycles. The molecule has 1 rings (SSSR count). The van der Waals surface area contributed by atoms with E-state index >= 15 is 0 Å². The molecule has 1 aromatic rings.